The maximum Gasteiger partial charge on any atom is 0.306 e. The minimum absolute atomic E-state index is 0.100. The van der Waals surface area contributed by atoms with Crippen LogP contribution in [0, 0.1) is 0 Å². The van der Waals surface area contributed by atoms with Crippen LogP contribution < -0.4 is 0 Å². The molecule has 360 valence electrons. The molecule has 0 rings (SSSR count). The van der Waals surface area contributed by atoms with Crippen LogP contribution in [0.4, 0.5) is 0 Å². The predicted octanol–water partition coefficient (Wildman–Crippen LogP) is 17.2. The van der Waals surface area contributed by atoms with E-state index in [4.69, 9.17) is 14.2 Å². The smallest absolute Gasteiger partial charge is 0.306 e. The minimum atomic E-state index is -0.806. The van der Waals surface area contributed by atoms with Gasteiger partial charge in [0, 0.05) is 19.3 Å². The molecule has 0 heterocycles. The molecule has 0 spiro atoms. The molecule has 0 aromatic carbocycles. The lowest BCUT2D eigenvalue weighted by Gasteiger charge is -2.18. The number of unbranched alkanes of at least 4 members (excludes halogenated alkanes) is 21. The van der Waals surface area contributed by atoms with Crippen molar-refractivity contribution in [3.8, 4) is 0 Å². The first kappa shape index (κ1) is 59.6. The lowest BCUT2D eigenvalue weighted by atomic mass is 10.1. The van der Waals surface area contributed by atoms with E-state index in [0.717, 1.165) is 77.0 Å². The average molecular weight is 877 g/mol. The lowest BCUT2D eigenvalue weighted by molar-refractivity contribution is -0.166. The summed E-state index contributed by atoms with van der Waals surface area (Å²) < 4.78 is 16.7. The highest BCUT2D eigenvalue weighted by Crippen LogP contribution is 2.14. The number of allylic oxidation sites excluding steroid dienone is 14. The summed E-state index contributed by atoms with van der Waals surface area (Å²) in [7, 11) is 0. The molecule has 6 heteroatoms. The molecule has 0 aromatic heterocycles. The van der Waals surface area contributed by atoms with E-state index >= 15 is 0 Å². The normalized spacial score (nSPS) is 12.7. The third-order valence-electron chi connectivity index (χ3n) is 10.9. The highest BCUT2D eigenvalue weighted by Gasteiger charge is 2.19. The van der Waals surface area contributed by atoms with Gasteiger partial charge in [-0.25, -0.2) is 0 Å². The number of hydrogen-bond donors (Lipinski definition) is 0. The van der Waals surface area contributed by atoms with Gasteiger partial charge in [-0.3, -0.25) is 14.4 Å². The molecular weight excluding hydrogens is 781 g/mol. The van der Waals surface area contributed by atoms with Crippen LogP contribution in [0.5, 0.6) is 0 Å². The van der Waals surface area contributed by atoms with Gasteiger partial charge in [0.05, 0.1) is 0 Å². The Labute approximate surface area is 388 Å². The molecule has 0 N–H and O–H groups in total. The standard InChI is InChI=1S/C57H96O6/c1-4-7-10-13-16-19-22-24-26-27-28-29-31-32-35-38-41-44-47-50-56(59)62-53-54(52-61-55(58)49-46-43-40-37-34-21-18-15-12-9-6-3)63-57(60)51-48-45-42-39-36-33-30-25-23-20-17-14-11-8-5-2/h7,10,16,19-20,23-24,26,28-29,32,35,41,44,54H,4-6,8-9,11-15,17-18,21-22,25,27,30-31,33-34,36-40,42-43,45-53H2,1-3H3/b10-7-,19-16-,23-20-,26-24-,29-28-,35-32-,44-41-. The highest BCUT2D eigenvalue weighted by atomic mass is 16.6. The lowest BCUT2D eigenvalue weighted by Crippen LogP contribution is -2.30. The molecule has 63 heavy (non-hydrogen) atoms. The molecule has 1 atom stereocenters. The molecule has 0 fully saturated rings. The van der Waals surface area contributed by atoms with Crippen LogP contribution in [-0.2, 0) is 28.6 Å². The van der Waals surface area contributed by atoms with Crippen molar-refractivity contribution in [3.63, 3.8) is 0 Å². The Balaban J connectivity index is 4.48. The molecule has 0 aliphatic heterocycles. The first-order chi connectivity index (χ1) is 31.0. The van der Waals surface area contributed by atoms with E-state index in [2.05, 4.69) is 99.8 Å². The Morgan fingerprint density at radius 3 is 1.08 bits per heavy atom. The third-order valence-corrected chi connectivity index (χ3v) is 10.9. The molecule has 6 nitrogen and oxygen atoms in total. The van der Waals surface area contributed by atoms with Crippen LogP contribution >= 0.6 is 0 Å². The van der Waals surface area contributed by atoms with Gasteiger partial charge in [0.1, 0.15) is 13.2 Å². The van der Waals surface area contributed by atoms with Gasteiger partial charge in [0.15, 0.2) is 6.10 Å². The number of carbonyl (C=O) groups is 3. The summed E-state index contributed by atoms with van der Waals surface area (Å²) in [6.45, 7) is 6.43. The molecule has 0 saturated carbocycles. The topological polar surface area (TPSA) is 78.9 Å². The zero-order valence-corrected chi connectivity index (χ0v) is 41.1. The van der Waals surface area contributed by atoms with Crippen molar-refractivity contribution in [2.24, 2.45) is 0 Å². The van der Waals surface area contributed by atoms with E-state index < -0.39 is 6.10 Å². The Kier molecular flexibility index (Phi) is 48.5. The summed E-state index contributed by atoms with van der Waals surface area (Å²) in [5, 5.41) is 0. The molecular formula is C57H96O6. The number of esters is 3. The molecule has 0 amide bonds. The van der Waals surface area contributed by atoms with E-state index in [9.17, 15) is 14.4 Å². The van der Waals surface area contributed by atoms with E-state index in [1.165, 1.54) is 116 Å². The minimum Gasteiger partial charge on any atom is -0.462 e. The Bertz CT molecular complexity index is 1240. The van der Waals surface area contributed by atoms with Crippen molar-refractivity contribution in [2.75, 3.05) is 13.2 Å². The number of carbonyl (C=O) groups excluding carboxylic acids is 3. The summed E-state index contributed by atoms with van der Waals surface area (Å²) in [5.41, 5.74) is 0. The summed E-state index contributed by atoms with van der Waals surface area (Å²) in [5.74, 6) is -0.993. The summed E-state index contributed by atoms with van der Waals surface area (Å²) in [6.07, 6.45) is 65.8. The van der Waals surface area contributed by atoms with Gasteiger partial charge in [-0.15, -0.1) is 0 Å². The first-order valence-corrected chi connectivity index (χ1v) is 26.1. The van der Waals surface area contributed by atoms with Crippen molar-refractivity contribution in [1.29, 1.82) is 0 Å². The fraction of sp³-hybridized carbons (Fsp3) is 0.702. The van der Waals surface area contributed by atoms with Crippen LogP contribution in [0.25, 0.3) is 0 Å². The molecule has 0 saturated heterocycles. The summed E-state index contributed by atoms with van der Waals surface area (Å²) in [4.78, 5) is 37.9. The Hall–Kier alpha value is -3.41. The van der Waals surface area contributed by atoms with E-state index in [0.29, 0.717) is 19.3 Å². The predicted molar refractivity (Wildman–Crippen MR) is 270 cm³/mol. The van der Waals surface area contributed by atoms with Gasteiger partial charge in [0.25, 0.3) is 0 Å². The molecule has 0 aliphatic carbocycles. The third kappa shape index (κ3) is 49.5. The summed E-state index contributed by atoms with van der Waals surface area (Å²) in [6, 6.07) is 0. The second-order valence-corrected chi connectivity index (χ2v) is 17.1. The fourth-order valence-electron chi connectivity index (χ4n) is 6.99. The Morgan fingerprint density at radius 1 is 0.333 bits per heavy atom. The number of rotatable bonds is 46. The molecule has 0 bridgehead atoms. The summed E-state index contributed by atoms with van der Waals surface area (Å²) >= 11 is 0. The van der Waals surface area contributed by atoms with E-state index in [-0.39, 0.29) is 37.5 Å². The monoisotopic (exact) mass is 877 g/mol. The van der Waals surface area contributed by atoms with Gasteiger partial charge in [-0.05, 0) is 83.5 Å². The molecule has 0 radical (unpaired) electrons. The van der Waals surface area contributed by atoms with Crippen LogP contribution in [0.1, 0.15) is 239 Å². The maximum absolute atomic E-state index is 12.8. The SMILES string of the molecule is CC/C=C\C/C=C\C/C=C\C/C=C\C/C=C\C/C=C\CCC(=O)OCC(COC(=O)CCCCCCCCCCCCC)OC(=O)CCCCCCCCC/C=C\CCCCCC. The van der Waals surface area contributed by atoms with Crippen LogP contribution in [0.2, 0.25) is 0 Å². The van der Waals surface area contributed by atoms with E-state index in [1.54, 1.807) is 0 Å². The van der Waals surface area contributed by atoms with Crippen molar-refractivity contribution < 1.29 is 28.6 Å². The fourth-order valence-corrected chi connectivity index (χ4v) is 6.99. The quantitative estimate of drug-likeness (QED) is 0.0262. The van der Waals surface area contributed by atoms with Gasteiger partial charge in [-0.1, -0.05) is 221 Å². The van der Waals surface area contributed by atoms with Crippen molar-refractivity contribution in [3.05, 3.63) is 85.1 Å². The van der Waals surface area contributed by atoms with Gasteiger partial charge < -0.3 is 14.2 Å². The van der Waals surface area contributed by atoms with Crippen LogP contribution in [-0.4, -0.2) is 37.2 Å². The second-order valence-electron chi connectivity index (χ2n) is 17.1. The zero-order valence-electron chi connectivity index (χ0n) is 41.1. The number of ether oxygens (including phenoxy) is 3. The molecule has 1 unspecified atom stereocenters. The van der Waals surface area contributed by atoms with Gasteiger partial charge in [0.2, 0.25) is 0 Å². The van der Waals surface area contributed by atoms with Gasteiger partial charge >= 0.3 is 17.9 Å². The Morgan fingerprint density at radius 2 is 0.651 bits per heavy atom. The molecule has 0 aliphatic rings. The average Bonchev–Trinajstić information content (AvgIpc) is 3.28. The van der Waals surface area contributed by atoms with Crippen LogP contribution in [0.15, 0.2) is 85.1 Å². The zero-order chi connectivity index (χ0) is 45.8. The first-order valence-electron chi connectivity index (χ1n) is 26.1. The maximum atomic E-state index is 12.8. The number of hydrogen-bond acceptors (Lipinski definition) is 6. The van der Waals surface area contributed by atoms with Crippen molar-refractivity contribution in [2.45, 2.75) is 245 Å². The van der Waals surface area contributed by atoms with E-state index in [1.807, 2.05) is 6.08 Å². The van der Waals surface area contributed by atoms with Gasteiger partial charge in [-0.2, -0.15) is 0 Å². The van der Waals surface area contributed by atoms with Crippen molar-refractivity contribution in [1.82, 2.24) is 0 Å². The highest BCUT2D eigenvalue weighted by molar-refractivity contribution is 5.71. The largest absolute Gasteiger partial charge is 0.462 e. The second kappa shape index (κ2) is 51.2. The van der Waals surface area contributed by atoms with Crippen molar-refractivity contribution >= 4 is 17.9 Å². The van der Waals surface area contributed by atoms with Crippen LogP contribution in [0.3, 0.4) is 0 Å². The molecule has 0 aromatic rings.